The van der Waals surface area contributed by atoms with Gasteiger partial charge < -0.3 is 0 Å². The number of hydrogen-bond donors (Lipinski definition) is 0. The lowest BCUT2D eigenvalue weighted by atomic mass is 9.91. The molecular formula is C48H30N4. The Morgan fingerprint density at radius 1 is 0.288 bits per heavy atom. The van der Waals surface area contributed by atoms with Crippen LogP contribution in [-0.2, 0) is 0 Å². The maximum absolute atomic E-state index is 5.39. The predicted octanol–water partition coefficient (Wildman–Crippen LogP) is 12.2. The first-order valence-corrected chi connectivity index (χ1v) is 17.5. The van der Waals surface area contributed by atoms with Crippen LogP contribution in [0.4, 0.5) is 0 Å². The molecule has 0 saturated carbocycles. The van der Waals surface area contributed by atoms with Crippen molar-refractivity contribution in [1.82, 2.24) is 19.9 Å². The van der Waals surface area contributed by atoms with Crippen molar-refractivity contribution in [2.24, 2.45) is 0 Å². The smallest absolute Gasteiger partial charge is 0.164 e. The molecule has 0 radical (unpaired) electrons. The summed E-state index contributed by atoms with van der Waals surface area (Å²) in [6.07, 6.45) is 0. The molecule has 10 rings (SSSR count). The van der Waals surface area contributed by atoms with Gasteiger partial charge in [-0.05, 0) is 56.9 Å². The third-order valence-corrected chi connectivity index (χ3v) is 9.85. The summed E-state index contributed by atoms with van der Waals surface area (Å²) in [4.78, 5) is 20.6. The number of rotatable bonds is 5. The van der Waals surface area contributed by atoms with E-state index in [1.807, 2.05) is 60.7 Å². The molecular weight excluding hydrogens is 633 g/mol. The molecule has 8 aromatic carbocycles. The molecule has 242 valence electrons. The number of fused-ring (bicyclic) bond motifs is 6. The summed E-state index contributed by atoms with van der Waals surface area (Å²) in [7, 11) is 0. The minimum Gasteiger partial charge on any atom is -0.247 e. The SMILES string of the molecule is c1ccc(-c2nc(-c3ccccc3)nc(-c3cc(-c4cccc5ccccc45)cc(-c4nc5ccccc5c5c4ccc4ccccc45)c3)n2)cc1. The van der Waals surface area contributed by atoms with Crippen molar-refractivity contribution in [2.75, 3.05) is 0 Å². The molecule has 2 aromatic heterocycles. The van der Waals surface area contributed by atoms with Gasteiger partial charge in [0.2, 0.25) is 0 Å². The molecule has 4 heteroatoms. The Labute approximate surface area is 300 Å². The van der Waals surface area contributed by atoms with E-state index in [0.717, 1.165) is 55.4 Å². The molecule has 52 heavy (non-hydrogen) atoms. The highest BCUT2D eigenvalue weighted by molar-refractivity contribution is 6.22. The van der Waals surface area contributed by atoms with E-state index in [1.165, 1.54) is 26.9 Å². The van der Waals surface area contributed by atoms with Crippen molar-refractivity contribution in [2.45, 2.75) is 0 Å². The largest absolute Gasteiger partial charge is 0.247 e. The van der Waals surface area contributed by atoms with Crippen molar-refractivity contribution >= 4 is 43.2 Å². The van der Waals surface area contributed by atoms with Gasteiger partial charge in [-0.1, -0.05) is 158 Å². The molecule has 0 aliphatic carbocycles. The highest BCUT2D eigenvalue weighted by Gasteiger charge is 2.18. The monoisotopic (exact) mass is 662 g/mol. The topological polar surface area (TPSA) is 51.6 Å². The molecule has 0 unspecified atom stereocenters. The molecule has 4 nitrogen and oxygen atoms in total. The van der Waals surface area contributed by atoms with Crippen molar-refractivity contribution < 1.29 is 0 Å². The fourth-order valence-electron chi connectivity index (χ4n) is 7.41. The van der Waals surface area contributed by atoms with E-state index in [4.69, 9.17) is 19.9 Å². The zero-order valence-electron chi connectivity index (χ0n) is 28.1. The van der Waals surface area contributed by atoms with Gasteiger partial charge in [0, 0.05) is 38.4 Å². The van der Waals surface area contributed by atoms with Crippen LogP contribution in [0, 0.1) is 0 Å². The Morgan fingerprint density at radius 2 is 0.808 bits per heavy atom. The fourth-order valence-corrected chi connectivity index (χ4v) is 7.41. The van der Waals surface area contributed by atoms with Crippen LogP contribution in [0.3, 0.4) is 0 Å². The summed E-state index contributed by atoms with van der Waals surface area (Å²) in [5, 5.41) is 8.22. The van der Waals surface area contributed by atoms with Crippen molar-refractivity contribution in [3.05, 3.63) is 182 Å². The zero-order valence-corrected chi connectivity index (χ0v) is 28.1. The third kappa shape index (κ3) is 5.17. The Hall–Kier alpha value is -7.04. The van der Waals surface area contributed by atoms with Gasteiger partial charge in [-0.2, -0.15) is 0 Å². The lowest BCUT2D eigenvalue weighted by Crippen LogP contribution is -2.01. The number of benzene rings is 8. The molecule has 0 saturated heterocycles. The van der Waals surface area contributed by atoms with E-state index in [1.54, 1.807) is 0 Å². The number of pyridine rings is 1. The van der Waals surface area contributed by atoms with Crippen LogP contribution >= 0.6 is 0 Å². The maximum atomic E-state index is 5.39. The first-order chi connectivity index (χ1) is 25.8. The highest BCUT2D eigenvalue weighted by atomic mass is 15.0. The minimum absolute atomic E-state index is 0.603. The van der Waals surface area contributed by atoms with E-state index < -0.39 is 0 Å². The van der Waals surface area contributed by atoms with Crippen LogP contribution < -0.4 is 0 Å². The molecule has 0 spiro atoms. The standard InChI is InChI=1S/C48H30N4/c1-3-16-33(17-4-1)46-50-47(34-18-5-2-6-19-34)52-48(51-46)37-29-35(39-24-13-20-31-14-7-9-21-38(31)39)28-36(30-37)45-42-27-26-32-15-8-10-22-40(32)44(42)41-23-11-12-25-43(41)49-45/h1-30H. The Bertz CT molecular complexity index is 2880. The molecule has 0 N–H and O–H groups in total. The maximum Gasteiger partial charge on any atom is 0.164 e. The predicted molar refractivity (Wildman–Crippen MR) is 215 cm³/mol. The van der Waals surface area contributed by atoms with Gasteiger partial charge in [-0.3, -0.25) is 0 Å². The summed E-state index contributed by atoms with van der Waals surface area (Å²) in [6.45, 7) is 0. The van der Waals surface area contributed by atoms with Gasteiger partial charge in [0.25, 0.3) is 0 Å². The van der Waals surface area contributed by atoms with Crippen LogP contribution in [-0.4, -0.2) is 19.9 Å². The number of nitrogens with zero attached hydrogens (tertiary/aromatic N) is 4. The number of aromatic nitrogens is 4. The van der Waals surface area contributed by atoms with Crippen LogP contribution in [0.25, 0.3) is 99.8 Å². The van der Waals surface area contributed by atoms with Gasteiger partial charge >= 0.3 is 0 Å². The van der Waals surface area contributed by atoms with Crippen LogP contribution in [0.1, 0.15) is 0 Å². The first kappa shape index (κ1) is 29.8. The molecule has 0 fully saturated rings. The van der Waals surface area contributed by atoms with Crippen LogP contribution in [0.2, 0.25) is 0 Å². The van der Waals surface area contributed by atoms with Crippen molar-refractivity contribution in [1.29, 1.82) is 0 Å². The van der Waals surface area contributed by atoms with E-state index in [-0.39, 0.29) is 0 Å². The Balaban J connectivity index is 1.29. The van der Waals surface area contributed by atoms with Gasteiger partial charge in [0.1, 0.15) is 0 Å². The lowest BCUT2D eigenvalue weighted by molar-refractivity contribution is 1.07. The Kier molecular flexibility index (Phi) is 7.10. The fraction of sp³-hybridized carbons (Fsp3) is 0. The van der Waals surface area contributed by atoms with Gasteiger partial charge in [0.15, 0.2) is 17.5 Å². The summed E-state index contributed by atoms with van der Waals surface area (Å²) >= 11 is 0. The molecule has 0 aliphatic rings. The number of para-hydroxylation sites is 1. The Morgan fingerprint density at radius 3 is 1.52 bits per heavy atom. The second-order valence-corrected chi connectivity index (χ2v) is 13.1. The number of hydrogen-bond acceptors (Lipinski definition) is 4. The van der Waals surface area contributed by atoms with E-state index >= 15 is 0 Å². The average molecular weight is 663 g/mol. The third-order valence-electron chi connectivity index (χ3n) is 9.85. The minimum atomic E-state index is 0.603. The molecule has 10 aromatic rings. The first-order valence-electron chi connectivity index (χ1n) is 17.5. The van der Waals surface area contributed by atoms with E-state index in [0.29, 0.717) is 17.5 Å². The molecule has 0 amide bonds. The molecule has 0 aliphatic heterocycles. The van der Waals surface area contributed by atoms with Crippen molar-refractivity contribution in [3.8, 4) is 56.5 Å². The van der Waals surface area contributed by atoms with Crippen LogP contribution in [0.5, 0.6) is 0 Å². The normalized spacial score (nSPS) is 11.5. The van der Waals surface area contributed by atoms with Crippen LogP contribution in [0.15, 0.2) is 182 Å². The van der Waals surface area contributed by atoms with E-state index in [2.05, 4.69) is 121 Å². The second kappa shape index (κ2) is 12.4. The van der Waals surface area contributed by atoms with Gasteiger partial charge in [-0.25, -0.2) is 19.9 Å². The lowest BCUT2D eigenvalue weighted by Gasteiger charge is -2.16. The molecule has 0 atom stereocenters. The summed E-state index contributed by atoms with van der Waals surface area (Å²) in [6, 6.07) is 63.4. The van der Waals surface area contributed by atoms with E-state index in [9.17, 15) is 0 Å². The second-order valence-electron chi connectivity index (χ2n) is 13.1. The highest BCUT2D eigenvalue weighted by Crippen LogP contribution is 2.40. The zero-order chi connectivity index (χ0) is 34.4. The average Bonchev–Trinajstić information content (AvgIpc) is 3.23. The summed E-state index contributed by atoms with van der Waals surface area (Å²) < 4.78 is 0. The molecule has 2 heterocycles. The summed E-state index contributed by atoms with van der Waals surface area (Å²) in [5.74, 6) is 1.86. The van der Waals surface area contributed by atoms with Crippen molar-refractivity contribution in [3.63, 3.8) is 0 Å². The van der Waals surface area contributed by atoms with Gasteiger partial charge in [0.05, 0.1) is 11.2 Å². The summed E-state index contributed by atoms with van der Waals surface area (Å²) in [5.41, 5.74) is 7.83. The van der Waals surface area contributed by atoms with Gasteiger partial charge in [-0.15, -0.1) is 0 Å². The molecule has 0 bridgehead atoms. The quantitative estimate of drug-likeness (QED) is 0.172.